The van der Waals surface area contributed by atoms with E-state index in [1.54, 1.807) is 26.2 Å². The fraction of sp³-hybridized carbons (Fsp3) is 0.364. The van der Waals surface area contributed by atoms with Gasteiger partial charge in [0.25, 0.3) is 0 Å². The predicted octanol–water partition coefficient (Wildman–Crippen LogP) is 2.70. The van der Waals surface area contributed by atoms with E-state index < -0.39 is 0 Å². The van der Waals surface area contributed by atoms with Crippen LogP contribution in [0, 0.1) is 0 Å². The van der Waals surface area contributed by atoms with E-state index in [1.807, 2.05) is 36.4 Å². The standard InChI is InChI=1S/C22H26N2O5/c1-27-18-11-16(12-19(28-2)22(18)29-3)14-23-20(25)13-15-6-8-17(9-7-15)24-10-4-5-21(24)26/h6-9,11-12H,4-5,10,13-14H2,1-3H3,(H,23,25). The van der Waals surface area contributed by atoms with Gasteiger partial charge in [-0.25, -0.2) is 0 Å². The van der Waals surface area contributed by atoms with Crippen LogP contribution in [0.5, 0.6) is 17.2 Å². The largest absolute Gasteiger partial charge is 0.493 e. The topological polar surface area (TPSA) is 77.1 Å². The molecule has 0 atom stereocenters. The summed E-state index contributed by atoms with van der Waals surface area (Å²) >= 11 is 0. The van der Waals surface area contributed by atoms with Crippen molar-refractivity contribution in [1.29, 1.82) is 0 Å². The Morgan fingerprint density at radius 2 is 1.66 bits per heavy atom. The third-order valence-electron chi connectivity index (χ3n) is 4.90. The number of nitrogens with zero attached hydrogens (tertiary/aromatic N) is 1. The molecule has 7 nitrogen and oxygen atoms in total. The smallest absolute Gasteiger partial charge is 0.227 e. The third kappa shape index (κ3) is 4.80. The van der Waals surface area contributed by atoms with Crippen molar-refractivity contribution in [3.8, 4) is 17.2 Å². The molecule has 154 valence electrons. The molecule has 1 heterocycles. The van der Waals surface area contributed by atoms with Crippen LogP contribution in [0.2, 0.25) is 0 Å². The number of methoxy groups -OCH3 is 3. The second-order valence-electron chi connectivity index (χ2n) is 6.80. The molecule has 0 spiro atoms. The summed E-state index contributed by atoms with van der Waals surface area (Å²) in [6, 6.07) is 11.2. The molecule has 1 saturated heterocycles. The Bertz CT molecular complexity index is 854. The van der Waals surface area contributed by atoms with E-state index >= 15 is 0 Å². The molecular formula is C22H26N2O5. The second-order valence-corrected chi connectivity index (χ2v) is 6.80. The van der Waals surface area contributed by atoms with E-state index in [0.717, 1.165) is 29.8 Å². The molecule has 2 amide bonds. The van der Waals surface area contributed by atoms with Gasteiger partial charge in [0.05, 0.1) is 27.8 Å². The van der Waals surface area contributed by atoms with Crippen molar-refractivity contribution in [2.75, 3.05) is 32.8 Å². The van der Waals surface area contributed by atoms with Gasteiger partial charge in [0, 0.05) is 25.2 Å². The fourth-order valence-corrected chi connectivity index (χ4v) is 3.40. The first kappa shape index (κ1) is 20.5. The molecule has 2 aromatic carbocycles. The lowest BCUT2D eigenvalue weighted by molar-refractivity contribution is -0.120. The van der Waals surface area contributed by atoms with Gasteiger partial charge >= 0.3 is 0 Å². The summed E-state index contributed by atoms with van der Waals surface area (Å²) < 4.78 is 16.0. The maximum absolute atomic E-state index is 12.3. The van der Waals surface area contributed by atoms with Crippen molar-refractivity contribution in [2.45, 2.75) is 25.8 Å². The van der Waals surface area contributed by atoms with Gasteiger partial charge < -0.3 is 24.4 Å². The van der Waals surface area contributed by atoms with Gasteiger partial charge in [0.2, 0.25) is 17.6 Å². The maximum atomic E-state index is 12.3. The van der Waals surface area contributed by atoms with Gasteiger partial charge in [-0.1, -0.05) is 12.1 Å². The van der Waals surface area contributed by atoms with E-state index in [1.165, 1.54) is 0 Å². The van der Waals surface area contributed by atoms with Crippen LogP contribution in [-0.4, -0.2) is 39.7 Å². The molecule has 0 aromatic heterocycles. The summed E-state index contributed by atoms with van der Waals surface area (Å²) in [7, 11) is 4.66. The summed E-state index contributed by atoms with van der Waals surface area (Å²) in [4.78, 5) is 26.0. The number of carbonyl (C=O) groups excluding carboxylic acids is 2. The normalized spacial score (nSPS) is 13.3. The molecule has 1 fully saturated rings. The molecule has 3 rings (SSSR count). The fourth-order valence-electron chi connectivity index (χ4n) is 3.40. The van der Waals surface area contributed by atoms with Crippen LogP contribution < -0.4 is 24.4 Å². The Hall–Kier alpha value is -3.22. The Kier molecular flexibility index (Phi) is 6.59. The Labute approximate surface area is 170 Å². The number of carbonyl (C=O) groups is 2. The van der Waals surface area contributed by atoms with Crippen LogP contribution in [0.25, 0.3) is 0 Å². The molecule has 1 N–H and O–H groups in total. The predicted molar refractivity (Wildman–Crippen MR) is 110 cm³/mol. The Morgan fingerprint density at radius 3 is 2.17 bits per heavy atom. The molecule has 0 unspecified atom stereocenters. The van der Waals surface area contributed by atoms with Crippen molar-refractivity contribution in [1.82, 2.24) is 5.32 Å². The van der Waals surface area contributed by atoms with Gasteiger partial charge in [0.1, 0.15) is 0 Å². The highest BCUT2D eigenvalue weighted by Gasteiger charge is 2.21. The van der Waals surface area contributed by atoms with Crippen LogP contribution >= 0.6 is 0 Å². The molecule has 1 aliphatic heterocycles. The molecule has 0 saturated carbocycles. The highest BCUT2D eigenvalue weighted by atomic mass is 16.5. The minimum absolute atomic E-state index is 0.0937. The maximum Gasteiger partial charge on any atom is 0.227 e. The van der Waals surface area contributed by atoms with Crippen molar-refractivity contribution < 1.29 is 23.8 Å². The number of hydrogen-bond acceptors (Lipinski definition) is 5. The lowest BCUT2D eigenvalue weighted by atomic mass is 10.1. The van der Waals surface area contributed by atoms with Crippen LogP contribution in [0.4, 0.5) is 5.69 Å². The molecule has 1 aliphatic rings. The first-order valence-electron chi connectivity index (χ1n) is 9.50. The summed E-state index contributed by atoms with van der Waals surface area (Å²) in [5.41, 5.74) is 2.62. The van der Waals surface area contributed by atoms with E-state index in [9.17, 15) is 9.59 Å². The Balaban J connectivity index is 1.59. The zero-order valence-electron chi connectivity index (χ0n) is 17.0. The lowest BCUT2D eigenvalue weighted by Crippen LogP contribution is -2.25. The van der Waals surface area contributed by atoms with Crippen molar-refractivity contribution in [2.24, 2.45) is 0 Å². The SMILES string of the molecule is COc1cc(CNC(=O)Cc2ccc(N3CCCC3=O)cc2)cc(OC)c1OC. The summed E-state index contributed by atoms with van der Waals surface area (Å²) in [5, 5.41) is 2.91. The summed E-state index contributed by atoms with van der Waals surface area (Å²) in [5.74, 6) is 1.66. The van der Waals surface area contributed by atoms with Crippen molar-refractivity contribution >= 4 is 17.5 Å². The van der Waals surface area contributed by atoms with E-state index in [0.29, 0.717) is 30.2 Å². The molecule has 0 bridgehead atoms. The van der Waals surface area contributed by atoms with E-state index in [2.05, 4.69) is 5.32 Å². The molecular weight excluding hydrogens is 372 g/mol. The number of amides is 2. The van der Waals surface area contributed by atoms with E-state index in [4.69, 9.17) is 14.2 Å². The monoisotopic (exact) mass is 398 g/mol. The van der Waals surface area contributed by atoms with Crippen LogP contribution in [-0.2, 0) is 22.6 Å². The number of anilines is 1. The van der Waals surface area contributed by atoms with Gasteiger partial charge in [-0.05, 0) is 41.8 Å². The van der Waals surface area contributed by atoms with Gasteiger partial charge in [-0.3, -0.25) is 9.59 Å². The molecule has 0 aliphatic carbocycles. The first-order chi connectivity index (χ1) is 14.0. The van der Waals surface area contributed by atoms with Gasteiger partial charge in [0.15, 0.2) is 11.5 Å². The van der Waals surface area contributed by atoms with E-state index in [-0.39, 0.29) is 18.2 Å². The molecule has 7 heteroatoms. The number of rotatable bonds is 8. The summed E-state index contributed by atoms with van der Waals surface area (Å²) in [6.07, 6.45) is 1.76. The number of benzene rings is 2. The molecule has 0 radical (unpaired) electrons. The molecule has 29 heavy (non-hydrogen) atoms. The zero-order chi connectivity index (χ0) is 20.8. The van der Waals surface area contributed by atoms with Gasteiger partial charge in [-0.2, -0.15) is 0 Å². The zero-order valence-corrected chi connectivity index (χ0v) is 17.0. The van der Waals surface area contributed by atoms with Gasteiger partial charge in [-0.15, -0.1) is 0 Å². The average molecular weight is 398 g/mol. The number of hydrogen-bond donors (Lipinski definition) is 1. The summed E-state index contributed by atoms with van der Waals surface area (Å²) in [6.45, 7) is 1.10. The minimum atomic E-state index is -0.0937. The third-order valence-corrected chi connectivity index (χ3v) is 4.90. The Morgan fingerprint density at radius 1 is 1.00 bits per heavy atom. The highest BCUT2D eigenvalue weighted by Crippen LogP contribution is 2.38. The van der Waals surface area contributed by atoms with Crippen molar-refractivity contribution in [3.63, 3.8) is 0 Å². The second kappa shape index (κ2) is 9.32. The minimum Gasteiger partial charge on any atom is -0.493 e. The van der Waals surface area contributed by atoms with Crippen LogP contribution in [0.1, 0.15) is 24.0 Å². The van der Waals surface area contributed by atoms with Crippen LogP contribution in [0.15, 0.2) is 36.4 Å². The van der Waals surface area contributed by atoms with Crippen molar-refractivity contribution in [3.05, 3.63) is 47.5 Å². The number of ether oxygens (including phenoxy) is 3. The number of nitrogens with one attached hydrogen (secondary N) is 1. The average Bonchev–Trinajstić information content (AvgIpc) is 3.17. The quantitative estimate of drug-likeness (QED) is 0.740. The highest BCUT2D eigenvalue weighted by molar-refractivity contribution is 5.95. The lowest BCUT2D eigenvalue weighted by Gasteiger charge is -2.16. The molecule has 2 aromatic rings. The van der Waals surface area contributed by atoms with Crippen LogP contribution in [0.3, 0.4) is 0 Å². The first-order valence-corrected chi connectivity index (χ1v) is 9.50.